The molecule has 3 nitrogen and oxygen atoms in total. The van der Waals surface area contributed by atoms with E-state index in [-0.39, 0.29) is 5.91 Å². The average molecular weight is 257 g/mol. The van der Waals surface area contributed by atoms with Crippen molar-refractivity contribution in [2.24, 2.45) is 0 Å². The zero-order chi connectivity index (χ0) is 13.2. The van der Waals surface area contributed by atoms with E-state index in [0.29, 0.717) is 6.04 Å². The monoisotopic (exact) mass is 257 g/mol. The number of methoxy groups -OCH3 is 1. The summed E-state index contributed by atoms with van der Waals surface area (Å²) in [6.07, 6.45) is 7.10. The third kappa shape index (κ3) is 2.65. The highest BCUT2D eigenvalue weighted by molar-refractivity contribution is 5.96. The Kier molecular flexibility index (Phi) is 3.28. The molecule has 0 atom stereocenters. The molecule has 2 aliphatic rings. The highest BCUT2D eigenvalue weighted by Crippen LogP contribution is 2.35. The molecule has 0 heterocycles. The van der Waals surface area contributed by atoms with Crippen LogP contribution in [0.4, 0.5) is 0 Å². The summed E-state index contributed by atoms with van der Waals surface area (Å²) in [4.78, 5) is 11.9. The normalized spacial score (nSPS) is 19.9. The number of carbonyl (C=O) groups is 1. The van der Waals surface area contributed by atoms with Gasteiger partial charge in [-0.2, -0.15) is 0 Å². The van der Waals surface area contributed by atoms with Gasteiger partial charge in [0.25, 0.3) is 0 Å². The third-order valence-corrected chi connectivity index (χ3v) is 3.80. The van der Waals surface area contributed by atoms with Crippen molar-refractivity contribution in [1.82, 2.24) is 5.32 Å². The van der Waals surface area contributed by atoms with Crippen LogP contribution in [0.3, 0.4) is 0 Å². The Bertz CT molecular complexity index is 530. The van der Waals surface area contributed by atoms with Gasteiger partial charge in [-0.1, -0.05) is 12.1 Å². The summed E-state index contributed by atoms with van der Waals surface area (Å²) in [6, 6.07) is 6.49. The lowest BCUT2D eigenvalue weighted by Crippen LogP contribution is -2.23. The highest BCUT2D eigenvalue weighted by atomic mass is 16.5. The van der Waals surface area contributed by atoms with Gasteiger partial charge in [-0.3, -0.25) is 4.79 Å². The van der Waals surface area contributed by atoms with Crippen molar-refractivity contribution in [3.05, 3.63) is 35.4 Å². The maximum absolute atomic E-state index is 11.9. The van der Waals surface area contributed by atoms with Crippen LogP contribution < -0.4 is 10.1 Å². The molecule has 0 bridgehead atoms. The van der Waals surface area contributed by atoms with Crippen LogP contribution in [0.25, 0.3) is 5.57 Å². The van der Waals surface area contributed by atoms with Gasteiger partial charge in [0.1, 0.15) is 5.75 Å². The first-order chi connectivity index (χ1) is 9.28. The molecule has 1 aromatic carbocycles. The Hall–Kier alpha value is -1.77. The molecular formula is C16H19NO2. The molecule has 1 aromatic rings. The van der Waals surface area contributed by atoms with Gasteiger partial charge in [0, 0.05) is 17.7 Å². The molecule has 100 valence electrons. The zero-order valence-corrected chi connectivity index (χ0v) is 11.2. The number of amides is 1. The largest absolute Gasteiger partial charge is 0.496 e. The second-order valence-electron chi connectivity index (χ2n) is 5.29. The van der Waals surface area contributed by atoms with Crippen LogP contribution in [0, 0.1) is 0 Å². The number of nitrogens with one attached hydrogen (secondary N) is 1. The van der Waals surface area contributed by atoms with Crippen LogP contribution >= 0.6 is 0 Å². The van der Waals surface area contributed by atoms with Crippen LogP contribution in [0.2, 0.25) is 0 Å². The summed E-state index contributed by atoms with van der Waals surface area (Å²) in [5, 5.41) is 3.01. The van der Waals surface area contributed by atoms with E-state index in [9.17, 15) is 4.79 Å². The minimum absolute atomic E-state index is 0.0492. The fraction of sp³-hybridized carbons (Fsp3) is 0.438. The summed E-state index contributed by atoms with van der Waals surface area (Å²) < 4.78 is 5.41. The Morgan fingerprint density at radius 1 is 1.37 bits per heavy atom. The molecule has 3 rings (SSSR count). The van der Waals surface area contributed by atoms with Gasteiger partial charge in [-0.25, -0.2) is 0 Å². The predicted molar refractivity (Wildman–Crippen MR) is 75.1 cm³/mol. The first-order valence-corrected chi connectivity index (χ1v) is 6.95. The minimum Gasteiger partial charge on any atom is -0.496 e. The molecule has 19 heavy (non-hydrogen) atoms. The van der Waals surface area contributed by atoms with E-state index < -0.39 is 0 Å². The third-order valence-electron chi connectivity index (χ3n) is 3.80. The molecule has 0 spiro atoms. The van der Waals surface area contributed by atoms with E-state index in [1.165, 1.54) is 11.1 Å². The van der Waals surface area contributed by atoms with Crippen molar-refractivity contribution >= 4 is 11.5 Å². The van der Waals surface area contributed by atoms with Crippen LogP contribution in [0.1, 0.15) is 36.8 Å². The number of fused-ring (bicyclic) bond motifs is 1. The molecule has 0 aromatic heterocycles. The quantitative estimate of drug-likeness (QED) is 0.845. The van der Waals surface area contributed by atoms with Crippen molar-refractivity contribution < 1.29 is 9.53 Å². The van der Waals surface area contributed by atoms with E-state index in [2.05, 4.69) is 11.4 Å². The van der Waals surface area contributed by atoms with Crippen molar-refractivity contribution in [1.29, 1.82) is 0 Å². The van der Waals surface area contributed by atoms with Crippen LogP contribution in [-0.4, -0.2) is 19.1 Å². The second kappa shape index (κ2) is 5.08. The second-order valence-corrected chi connectivity index (χ2v) is 5.29. The summed E-state index contributed by atoms with van der Waals surface area (Å²) in [5.74, 6) is 0.985. The molecule has 0 unspecified atom stereocenters. The minimum atomic E-state index is 0.0492. The Morgan fingerprint density at radius 2 is 2.21 bits per heavy atom. The molecule has 0 aliphatic heterocycles. The molecule has 1 N–H and O–H groups in total. The first kappa shape index (κ1) is 12.3. The van der Waals surface area contributed by atoms with E-state index in [0.717, 1.165) is 43.4 Å². The van der Waals surface area contributed by atoms with E-state index in [4.69, 9.17) is 4.74 Å². The first-order valence-electron chi connectivity index (χ1n) is 6.95. The fourth-order valence-corrected chi connectivity index (χ4v) is 2.68. The summed E-state index contributed by atoms with van der Waals surface area (Å²) in [6.45, 7) is 0. The summed E-state index contributed by atoms with van der Waals surface area (Å²) in [7, 11) is 1.70. The molecule has 1 amide bonds. The number of hydrogen-bond donors (Lipinski definition) is 1. The lowest BCUT2D eigenvalue weighted by molar-refractivity contribution is -0.116. The lowest BCUT2D eigenvalue weighted by atomic mass is 9.86. The van der Waals surface area contributed by atoms with Gasteiger partial charge in [-0.05, 0) is 49.3 Å². The topological polar surface area (TPSA) is 38.3 Å². The molecule has 1 saturated carbocycles. The number of allylic oxidation sites excluding steroid dienone is 1. The number of ether oxygens (including phenoxy) is 1. The molecule has 1 fully saturated rings. The summed E-state index contributed by atoms with van der Waals surface area (Å²) >= 11 is 0. The smallest absolute Gasteiger partial charge is 0.244 e. The van der Waals surface area contributed by atoms with Gasteiger partial charge in [0.05, 0.1) is 7.11 Å². The number of benzene rings is 1. The Balaban J connectivity index is 1.88. The molecule has 0 radical (unpaired) electrons. The number of carbonyl (C=O) groups excluding carboxylic acids is 1. The molecule has 3 heteroatoms. The summed E-state index contributed by atoms with van der Waals surface area (Å²) in [5.41, 5.74) is 3.55. The molecule has 0 saturated heterocycles. The highest BCUT2D eigenvalue weighted by Gasteiger charge is 2.23. The van der Waals surface area contributed by atoms with Crippen LogP contribution in [0.15, 0.2) is 24.3 Å². The lowest BCUT2D eigenvalue weighted by Gasteiger charge is -2.21. The van der Waals surface area contributed by atoms with Crippen LogP contribution in [-0.2, 0) is 11.2 Å². The average Bonchev–Trinajstić information content (AvgIpc) is 3.22. The van der Waals surface area contributed by atoms with Gasteiger partial charge in [0.2, 0.25) is 5.91 Å². The maximum atomic E-state index is 11.9. The predicted octanol–water partition coefficient (Wildman–Crippen LogP) is 2.69. The fourth-order valence-electron chi connectivity index (χ4n) is 2.68. The van der Waals surface area contributed by atoms with E-state index >= 15 is 0 Å². The van der Waals surface area contributed by atoms with Gasteiger partial charge in [0.15, 0.2) is 0 Å². The van der Waals surface area contributed by atoms with Crippen molar-refractivity contribution in [3.8, 4) is 5.75 Å². The zero-order valence-electron chi connectivity index (χ0n) is 11.2. The Morgan fingerprint density at radius 3 is 2.95 bits per heavy atom. The standard InChI is InChI=1S/C16H19NO2/c1-19-15-7-3-5-13-11(4-2-6-14(13)15)10-16(18)17-12-8-9-12/h3,5,7,10,12H,2,4,6,8-9H2,1H3,(H,17,18)/b11-10+. The van der Waals surface area contributed by atoms with Crippen molar-refractivity contribution in [3.63, 3.8) is 0 Å². The van der Waals surface area contributed by atoms with Crippen molar-refractivity contribution in [2.45, 2.75) is 38.1 Å². The van der Waals surface area contributed by atoms with Crippen molar-refractivity contribution in [2.75, 3.05) is 7.11 Å². The molecular weight excluding hydrogens is 238 g/mol. The van der Waals surface area contributed by atoms with Crippen LogP contribution in [0.5, 0.6) is 5.75 Å². The Labute approximate surface area is 113 Å². The number of hydrogen-bond acceptors (Lipinski definition) is 2. The van der Waals surface area contributed by atoms with Gasteiger partial charge < -0.3 is 10.1 Å². The number of rotatable bonds is 3. The maximum Gasteiger partial charge on any atom is 0.244 e. The SMILES string of the molecule is COc1cccc2c1CCC/C2=C\C(=O)NC1CC1. The van der Waals surface area contributed by atoms with E-state index in [1.807, 2.05) is 12.1 Å². The van der Waals surface area contributed by atoms with E-state index in [1.54, 1.807) is 13.2 Å². The molecule has 2 aliphatic carbocycles. The van der Waals surface area contributed by atoms with Gasteiger partial charge >= 0.3 is 0 Å². The van der Waals surface area contributed by atoms with Gasteiger partial charge in [-0.15, -0.1) is 0 Å².